The van der Waals surface area contributed by atoms with Crippen LogP contribution in [0.25, 0.3) is 0 Å². The van der Waals surface area contributed by atoms with Crippen molar-refractivity contribution in [2.75, 3.05) is 32.9 Å². The summed E-state index contributed by atoms with van der Waals surface area (Å²) in [5.41, 5.74) is 0.211. The van der Waals surface area contributed by atoms with Crippen molar-refractivity contribution in [1.29, 1.82) is 0 Å². The van der Waals surface area contributed by atoms with Crippen LogP contribution in [0.3, 0.4) is 0 Å². The molecule has 0 radical (unpaired) electrons. The lowest BCUT2D eigenvalue weighted by molar-refractivity contribution is -0.0945. The molecular formula is C11H21NO2. The summed E-state index contributed by atoms with van der Waals surface area (Å²) in [4.78, 5) is 2.55. The molecule has 0 aromatic rings. The van der Waals surface area contributed by atoms with Gasteiger partial charge in [-0.2, -0.15) is 0 Å². The molecule has 2 saturated heterocycles. The molecular weight excluding hydrogens is 178 g/mol. The molecule has 2 aliphatic rings. The normalized spacial score (nSPS) is 33.6. The zero-order valence-electron chi connectivity index (χ0n) is 9.29. The number of rotatable bonds is 3. The minimum Gasteiger partial charge on any atom is -0.378 e. The van der Waals surface area contributed by atoms with Gasteiger partial charge in [0.1, 0.15) is 0 Å². The molecule has 82 valence electrons. The predicted octanol–water partition coefficient (Wildman–Crippen LogP) is 1.28. The predicted molar refractivity (Wildman–Crippen MR) is 55.4 cm³/mol. The van der Waals surface area contributed by atoms with Crippen molar-refractivity contribution in [2.24, 2.45) is 0 Å². The Hall–Kier alpha value is -0.120. The van der Waals surface area contributed by atoms with Crippen molar-refractivity contribution >= 4 is 0 Å². The molecule has 0 N–H and O–H groups in total. The maximum Gasteiger partial charge on any atom is 0.0679 e. The molecule has 0 aromatic carbocycles. The van der Waals surface area contributed by atoms with Crippen LogP contribution in [0.2, 0.25) is 0 Å². The van der Waals surface area contributed by atoms with E-state index in [0.717, 1.165) is 26.4 Å². The number of hydrogen-bond donors (Lipinski definition) is 0. The molecule has 2 aliphatic heterocycles. The molecule has 3 heteroatoms. The Balaban J connectivity index is 1.96. The third kappa shape index (κ3) is 1.95. The van der Waals surface area contributed by atoms with Crippen molar-refractivity contribution in [3.8, 4) is 0 Å². The van der Waals surface area contributed by atoms with Gasteiger partial charge in [0.15, 0.2) is 0 Å². The number of fused-ring (bicyclic) bond motifs is 1. The number of hydrogen-bond acceptors (Lipinski definition) is 3. The van der Waals surface area contributed by atoms with Crippen molar-refractivity contribution in [2.45, 2.75) is 38.3 Å². The molecule has 14 heavy (non-hydrogen) atoms. The first-order chi connectivity index (χ1) is 6.73. The van der Waals surface area contributed by atoms with Gasteiger partial charge in [-0.15, -0.1) is 0 Å². The summed E-state index contributed by atoms with van der Waals surface area (Å²) < 4.78 is 11.4. The summed E-state index contributed by atoms with van der Waals surface area (Å²) in [5.74, 6) is 0. The van der Waals surface area contributed by atoms with E-state index in [1.807, 2.05) is 0 Å². The summed E-state index contributed by atoms with van der Waals surface area (Å²) in [6, 6.07) is 0. The first kappa shape index (κ1) is 10.4. The molecule has 0 spiro atoms. The van der Waals surface area contributed by atoms with E-state index in [-0.39, 0.29) is 5.54 Å². The van der Waals surface area contributed by atoms with Crippen molar-refractivity contribution < 1.29 is 9.47 Å². The van der Waals surface area contributed by atoms with Gasteiger partial charge in [-0.3, -0.25) is 4.90 Å². The van der Waals surface area contributed by atoms with Crippen LogP contribution >= 0.6 is 0 Å². The SMILES string of the molecule is CC(C)OCC12CCCN1CCOC2. The summed E-state index contributed by atoms with van der Waals surface area (Å²) in [7, 11) is 0. The Kier molecular flexibility index (Phi) is 3.10. The molecule has 0 aromatic heterocycles. The van der Waals surface area contributed by atoms with Gasteiger partial charge < -0.3 is 9.47 Å². The second-order valence-electron chi connectivity index (χ2n) is 4.73. The molecule has 1 unspecified atom stereocenters. The van der Waals surface area contributed by atoms with Gasteiger partial charge in [0, 0.05) is 6.54 Å². The molecule has 2 rings (SSSR count). The van der Waals surface area contributed by atoms with Crippen LogP contribution in [-0.4, -0.2) is 49.5 Å². The Morgan fingerprint density at radius 2 is 2.29 bits per heavy atom. The Morgan fingerprint density at radius 1 is 1.43 bits per heavy atom. The average molecular weight is 199 g/mol. The topological polar surface area (TPSA) is 21.7 Å². The second kappa shape index (κ2) is 4.17. The van der Waals surface area contributed by atoms with Gasteiger partial charge in [0.05, 0.1) is 31.5 Å². The van der Waals surface area contributed by atoms with E-state index in [0.29, 0.717) is 6.10 Å². The van der Waals surface area contributed by atoms with E-state index < -0.39 is 0 Å². The van der Waals surface area contributed by atoms with E-state index in [1.54, 1.807) is 0 Å². The van der Waals surface area contributed by atoms with Gasteiger partial charge in [0.25, 0.3) is 0 Å². The van der Waals surface area contributed by atoms with Crippen molar-refractivity contribution in [1.82, 2.24) is 4.90 Å². The monoisotopic (exact) mass is 199 g/mol. The van der Waals surface area contributed by atoms with E-state index in [1.165, 1.54) is 19.4 Å². The fourth-order valence-corrected chi connectivity index (χ4v) is 2.47. The molecule has 2 fully saturated rings. The molecule has 0 amide bonds. The number of morpholine rings is 1. The third-order valence-electron chi connectivity index (χ3n) is 3.30. The molecule has 0 aliphatic carbocycles. The molecule has 2 heterocycles. The van der Waals surface area contributed by atoms with Gasteiger partial charge in [-0.05, 0) is 33.2 Å². The first-order valence-corrected chi connectivity index (χ1v) is 5.67. The zero-order chi connectivity index (χ0) is 10.0. The van der Waals surface area contributed by atoms with Crippen LogP contribution in [-0.2, 0) is 9.47 Å². The summed E-state index contributed by atoms with van der Waals surface area (Å²) >= 11 is 0. The van der Waals surface area contributed by atoms with Gasteiger partial charge >= 0.3 is 0 Å². The maximum absolute atomic E-state index is 5.76. The fraction of sp³-hybridized carbons (Fsp3) is 1.00. The van der Waals surface area contributed by atoms with Gasteiger partial charge in [0.2, 0.25) is 0 Å². The summed E-state index contributed by atoms with van der Waals surface area (Å²) in [5, 5.41) is 0. The zero-order valence-corrected chi connectivity index (χ0v) is 9.29. The minimum absolute atomic E-state index is 0.211. The Morgan fingerprint density at radius 3 is 3.07 bits per heavy atom. The highest BCUT2D eigenvalue weighted by Crippen LogP contribution is 2.32. The standard InChI is InChI=1S/C11H21NO2/c1-10(2)14-9-11-4-3-5-12(11)6-7-13-8-11/h10H,3-9H2,1-2H3. The number of nitrogens with zero attached hydrogens (tertiary/aromatic N) is 1. The minimum atomic E-state index is 0.211. The van der Waals surface area contributed by atoms with Crippen LogP contribution < -0.4 is 0 Å². The highest BCUT2D eigenvalue weighted by molar-refractivity contribution is 4.97. The van der Waals surface area contributed by atoms with E-state index in [4.69, 9.17) is 9.47 Å². The summed E-state index contributed by atoms with van der Waals surface area (Å²) in [6.07, 6.45) is 2.86. The average Bonchev–Trinajstić information content (AvgIpc) is 2.58. The van der Waals surface area contributed by atoms with Gasteiger partial charge in [-0.25, -0.2) is 0 Å². The van der Waals surface area contributed by atoms with E-state index >= 15 is 0 Å². The molecule has 0 bridgehead atoms. The first-order valence-electron chi connectivity index (χ1n) is 5.67. The van der Waals surface area contributed by atoms with E-state index in [9.17, 15) is 0 Å². The number of ether oxygens (including phenoxy) is 2. The lowest BCUT2D eigenvalue weighted by Gasteiger charge is -2.42. The fourth-order valence-electron chi connectivity index (χ4n) is 2.47. The van der Waals surface area contributed by atoms with Crippen LogP contribution in [0.15, 0.2) is 0 Å². The van der Waals surface area contributed by atoms with Gasteiger partial charge in [-0.1, -0.05) is 0 Å². The quantitative estimate of drug-likeness (QED) is 0.683. The van der Waals surface area contributed by atoms with Crippen LogP contribution in [0.4, 0.5) is 0 Å². The van der Waals surface area contributed by atoms with Crippen molar-refractivity contribution in [3.05, 3.63) is 0 Å². The largest absolute Gasteiger partial charge is 0.378 e. The van der Waals surface area contributed by atoms with E-state index in [2.05, 4.69) is 18.7 Å². The molecule has 0 saturated carbocycles. The second-order valence-corrected chi connectivity index (χ2v) is 4.73. The Labute approximate surface area is 86.4 Å². The third-order valence-corrected chi connectivity index (χ3v) is 3.30. The van der Waals surface area contributed by atoms with Crippen LogP contribution in [0, 0.1) is 0 Å². The Bertz CT molecular complexity index is 196. The highest BCUT2D eigenvalue weighted by atomic mass is 16.5. The lowest BCUT2D eigenvalue weighted by atomic mass is 9.97. The van der Waals surface area contributed by atoms with Crippen LogP contribution in [0.1, 0.15) is 26.7 Å². The smallest absolute Gasteiger partial charge is 0.0679 e. The van der Waals surface area contributed by atoms with Crippen molar-refractivity contribution in [3.63, 3.8) is 0 Å². The molecule has 1 atom stereocenters. The van der Waals surface area contributed by atoms with Crippen LogP contribution in [0.5, 0.6) is 0 Å². The lowest BCUT2D eigenvalue weighted by Crippen LogP contribution is -2.56. The maximum atomic E-state index is 5.76. The molecule has 3 nitrogen and oxygen atoms in total. The summed E-state index contributed by atoms with van der Waals surface area (Å²) in [6.45, 7) is 9.10. The highest BCUT2D eigenvalue weighted by Gasteiger charge is 2.43.